The van der Waals surface area contributed by atoms with Crippen molar-refractivity contribution in [2.24, 2.45) is 0 Å². The third-order valence-electron chi connectivity index (χ3n) is 4.37. The van der Waals surface area contributed by atoms with E-state index in [0.29, 0.717) is 23.9 Å². The quantitative estimate of drug-likeness (QED) is 0.501. The van der Waals surface area contributed by atoms with E-state index in [1.54, 1.807) is 10.7 Å². The lowest BCUT2D eigenvalue weighted by atomic mass is 10.1. The van der Waals surface area contributed by atoms with Gasteiger partial charge < -0.3 is 9.88 Å². The van der Waals surface area contributed by atoms with E-state index in [9.17, 15) is 4.79 Å². The van der Waals surface area contributed by atoms with Crippen molar-refractivity contribution in [1.29, 1.82) is 0 Å². The van der Waals surface area contributed by atoms with E-state index in [0.717, 1.165) is 35.7 Å². The minimum absolute atomic E-state index is 0.00934. The number of rotatable bonds is 7. The molecule has 0 aromatic carbocycles. The van der Waals surface area contributed by atoms with Crippen molar-refractivity contribution in [3.63, 3.8) is 0 Å². The van der Waals surface area contributed by atoms with E-state index in [-0.39, 0.29) is 5.91 Å². The molecule has 0 aliphatic carbocycles. The van der Waals surface area contributed by atoms with Gasteiger partial charge in [0.05, 0.1) is 6.42 Å². The highest BCUT2D eigenvalue weighted by Gasteiger charge is 2.15. The number of nitrogens with zero attached hydrogens (tertiary/aromatic N) is 6. The fraction of sp³-hybridized carbons (Fsp3) is 0.471. The Labute approximate surface area is 156 Å². The lowest BCUT2D eigenvalue weighted by Gasteiger charge is -2.11. The molecule has 0 unspecified atom stereocenters. The van der Waals surface area contributed by atoms with E-state index in [1.165, 1.54) is 11.8 Å². The van der Waals surface area contributed by atoms with E-state index >= 15 is 0 Å². The Hall–Kier alpha value is -2.42. The first-order chi connectivity index (χ1) is 12.5. The van der Waals surface area contributed by atoms with Gasteiger partial charge in [-0.3, -0.25) is 4.79 Å². The van der Waals surface area contributed by atoms with Crippen LogP contribution in [-0.2, 0) is 17.8 Å². The van der Waals surface area contributed by atoms with Gasteiger partial charge in [-0.25, -0.2) is 14.5 Å². The van der Waals surface area contributed by atoms with Crippen molar-refractivity contribution in [3.8, 4) is 0 Å². The largest absolute Gasteiger partial charge is 0.356 e. The number of fused-ring (bicyclic) bond motifs is 1. The van der Waals surface area contributed by atoms with Gasteiger partial charge in [0.2, 0.25) is 11.1 Å². The van der Waals surface area contributed by atoms with Gasteiger partial charge in [0.15, 0.2) is 0 Å². The number of carbonyl (C=O) groups excluding carboxylic acids is 1. The molecule has 3 rings (SSSR count). The summed E-state index contributed by atoms with van der Waals surface area (Å²) in [6.07, 6.45) is 6.81. The average molecular weight is 373 g/mol. The monoisotopic (exact) mass is 373 g/mol. The van der Waals surface area contributed by atoms with Gasteiger partial charge in [-0.05, 0) is 33.4 Å². The molecule has 3 aromatic rings. The molecule has 0 bridgehead atoms. The predicted octanol–water partition coefficient (Wildman–Crippen LogP) is 1.72. The summed E-state index contributed by atoms with van der Waals surface area (Å²) < 4.78 is 3.79. The molecular weight excluding hydrogens is 350 g/mol. The minimum Gasteiger partial charge on any atom is -0.356 e. The maximum absolute atomic E-state index is 12.3. The van der Waals surface area contributed by atoms with Crippen LogP contribution in [0.3, 0.4) is 0 Å². The third-order valence-corrected chi connectivity index (χ3v) is 4.91. The van der Waals surface area contributed by atoms with Crippen molar-refractivity contribution in [2.45, 2.75) is 45.3 Å². The second-order valence-corrected chi connectivity index (χ2v) is 6.89. The van der Waals surface area contributed by atoms with Crippen LogP contribution in [0.1, 0.15) is 29.2 Å². The summed E-state index contributed by atoms with van der Waals surface area (Å²) in [5, 5.41) is 8.08. The molecule has 0 saturated carbocycles. The second-order valence-electron chi connectivity index (χ2n) is 6.12. The Morgan fingerprint density at radius 1 is 1.27 bits per heavy atom. The topological polar surface area (TPSA) is 90.0 Å². The van der Waals surface area contributed by atoms with Crippen molar-refractivity contribution in [3.05, 3.63) is 35.2 Å². The summed E-state index contributed by atoms with van der Waals surface area (Å²) in [5.41, 5.74) is 2.63. The summed E-state index contributed by atoms with van der Waals surface area (Å²) in [6, 6.07) is 0. The number of carbonyl (C=O) groups is 1. The molecule has 0 radical (unpaired) electrons. The summed E-state index contributed by atoms with van der Waals surface area (Å²) >= 11 is 1.47. The highest BCUT2D eigenvalue weighted by atomic mass is 32.2. The zero-order valence-corrected chi connectivity index (χ0v) is 16.3. The maximum atomic E-state index is 12.3. The van der Waals surface area contributed by atoms with Crippen LogP contribution < -0.4 is 5.32 Å². The van der Waals surface area contributed by atoms with Crippen LogP contribution in [0.25, 0.3) is 5.78 Å². The Balaban J connectivity index is 1.61. The highest BCUT2D eigenvalue weighted by Crippen LogP contribution is 2.17. The molecule has 0 atom stereocenters. The number of nitrogens with one attached hydrogen (secondary N) is 1. The molecule has 1 amide bonds. The molecule has 0 aliphatic rings. The highest BCUT2D eigenvalue weighted by molar-refractivity contribution is 7.98. The van der Waals surface area contributed by atoms with Crippen LogP contribution in [0.4, 0.5) is 0 Å². The van der Waals surface area contributed by atoms with Crippen LogP contribution >= 0.6 is 11.8 Å². The second kappa shape index (κ2) is 7.86. The zero-order chi connectivity index (χ0) is 18.7. The summed E-state index contributed by atoms with van der Waals surface area (Å²) in [6.45, 7) is 7.30. The number of hydrogen-bond acceptors (Lipinski definition) is 6. The third kappa shape index (κ3) is 3.87. The summed E-state index contributed by atoms with van der Waals surface area (Å²) in [7, 11) is 0. The lowest BCUT2D eigenvalue weighted by Crippen LogP contribution is -2.28. The van der Waals surface area contributed by atoms with E-state index in [2.05, 4.69) is 29.9 Å². The van der Waals surface area contributed by atoms with Gasteiger partial charge in [0.25, 0.3) is 5.78 Å². The molecular formula is C17H23N7OS. The standard InChI is InChI=1S/C17H23N7OS/c1-11-14(12(2)24-16(20-11)21-17(22-24)26-4)10-15(25)19-6-5-8-23-9-7-18-13(23)3/h7,9H,5-6,8,10H2,1-4H3,(H,19,25). The van der Waals surface area contributed by atoms with Gasteiger partial charge in [-0.1, -0.05) is 11.8 Å². The molecule has 9 heteroatoms. The molecule has 0 spiro atoms. The smallest absolute Gasteiger partial charge is 0.253 e. The number of hydrogen-bond donors (Lipinski definition) is 1. The Bertz CT molecular complexity index is 931. The van der Waals surface area contributed by atoms with E-state index in [1.807, 2.05) is 33.2 Å². The Morgan fingerprint density at radius 2 is 2.08 bits per heavy atom. The van der Waals surface area contributed by atoms with E-state index < -0.39 is 0 Å². The van der Waals surface area contributed by atoms with Crippen LogP contribution in [0.5, 0.6) is 0 Å². The minimum atomic E-state index is -0.00934. The molecule has 8 nitrogen and oxygen atoms in total. The maximum Gasteiger partial charge on any atom is 0.253 e. The van der Waals surface area contributed by atoms with Crippen molar-refractivity contribution >= 4 is 23.4 Å². The molecule has 138 valence electrons. The van der Waals surface area contributed by atoms with Gasteiger partial charge in [0, 0.05) is 42.4 Å². The van der Waals surface area contributed by atoms with Crippen LogP contribution in [-0.4, -0.2) is 47.8 Å². The molecule has 1 N–H and O–H groups in total. The summed E-state index contributed by atoms with van der Waals surface area (Å²) in [5.74, 6) is 1.55. The first kappa shape index (κ1) is 18.4. The number of thioether (sulfide) groups is 1. The number of imidazole rings is 1. The fourth-order valence-corrected chi connectivity index (χ4v) is 3.21. The zero-order valence-electron chi connectivity index (χ0n) is 15.5. The fourth-order valence-electron chi connectivity index (χ4n) is 2.87. The Kier molecular flexibility index (Phi) is 5.55. The van der Waals surface area contributed by atoms with Crippen molar-refractivity contribution in [1.82, 2.24) is 34.4 Å². The lowest BCUT2D eigenvalue weighted by molar-refractivity contribution is -0.120. The molecule has 3 heterocycles. The predicted molar refractivity (Wildman–Crippen MR) is 100 cm³/mol. The number of aromatic nitrogens is 6. The summed E-state index contributed by atoms with van der Waals surface area (Å²) in [4.78, 5) is 25.4. The first-order valence-corrected chi connectivity index (χ1v) is 9.73. The molecule has 0 fully saturated rings. The Morgan fingerprint density at radius 3 is 2.77 bits per heavy atom. The number of amides is 1. The molecule has 3 aromatic heterocycles. The first-order valence-electron chi connectivity index (χ1n) is 8.51. The van der Waals surface area contributed by atoms with Crippen molar-refractivity contribution in [2.75, 3.05) is 12.8 Å². The average Bonchev–Trinajstić information content (AvgIpc) is 3.21. The van der Waals surface area contributed by atoms with Crippen LogP contribution in [0.2, 0.25) is 0 Å². The van der Waals surface area contributed by atoms with Gasteiger partial charge in [-0.2, -0.15) is 4.98 Å². The molecule has 26 heavy (non-hydrogen) atoms. The number of aryl methyl sites for hydroxylation is 4. The van der Waals surface area contributed by atoms with Crippen LogP contribution in [0.15, 0.2) is 17.6 Å². The molecule has 0 saturated heterocycles. The normalized spacial score (nSPS) is 11.2. The van der Waals surface area contributed by atoms with Crippen LogP contribution in [0, 0.1) is 20.8 Å². The van der Waals surface area contributed by atoms with E-state index in [4.69, 9.17) is 0 Å². The van der Waals surface area contributed by atoms with Gasteiger partial charge in [0.1, 0.15) is 5.82 Å². The van der Waals surface area contributed by atoms with Gasteiger partial charge >= 0.3 is 0 Å². The van der Waals surface area contributed by atoms with Gasteiger partial charge in [-0.15, -0.1) is 5.10 Å². The SMILES string of the molecule is CSc1nc2nc(C)c(CC(=O)NCCCn3ccnc3C)c(C)n2n1. The molecule has 0 aliphatic heterocycles. The van der Waals surface area contributed by atoms with Crippen molar-refractivity contribution < 1.29 is 4.79 Å².